The Kier molecular flexibility index (Phi) is 17.7. The Morgan fingerprint density at radius 2 is 0.940 bits per heavy atom. The quantitative estimate of drug-likeness (QED) is 0.158. The number of carbonyl (C=O) groups excluding carboxylic acids is 8. The molecule has 1 aliphatic carbocycles. The Morgan fingerprint density at radius 1 is 0.522 bits per heavy atom. The molecule has 23 nitrogen and oxygen atoms in total. The van der Waals surface area contributed by atoms with Gasteiger partial charge in [-0.15, -0.1) is 0 Å². The van der Waals surface area contributed by atoms with Crippen LogP contribution in [-0.2, 0) is 95.2 Å². The molecule has 0 saturated carbocycles. The number of fused-ring (bicyclic) bond motifs is 3. The molecule has 1 amide bonds. The fourth-order valence-corrected chi connectivity index (χ4v) is 7.75. The molecule has 364 valence electrons. The van der Waals surface area contributed by atoms with Crippen LogP contribution in [0.3, 0.4) is 0 Å². The molecule has 3 aliphatic rings. The zero-order chi connectivity index (χ0) is 49.1. The molecule has 23 heteroatoms. The summed E-state index contributed by atoms with van der Waals surface area (Å²) in [5.74, 6) is -8.47. The van der Waals surface area contributed by atoms with Crippen molar-refractivity contribution in [2.24, 2.45) is 0 Å². The van der Waals surface area contributed by atoms with Crippen molar-refractivity contribution in [1.29, 1.82) is 0 Å². The highest BCUT2D eigenvalue weighted by molar-refractivity contribution is 5.81. The van der Waals surface area contributed by atoms with Gasteiger partial charge in [0.25, 0.3) is 0 Å². The fraction of sp³-hybridized carbons (Fsp3) is 0.523. The van der Waals surface area contributed by atoms with Crippen LogP contribution < -0.4 is 5.32 Å². The highest BCUT2D eigenvalue weighted by Gasteiger charge is 2.58. The van der Waals surface area contributed by atoms with E-state index in [1.807, 2.05) is 48.5 Å². The molecule has 0 spiro atoms. The molecule has 2 aromatic carbocycles. The lowest BCUT2D eigenvalue weighted by Crippen LogP contribution is -2.67. The number of ether oxygens (including phenoxy) is 12. The molecular weight excluding hydrogens is 894 g/mol. The first kappa shape index (κ1) is 51.3. The number of nitrogens with one attached hydrogen (secondary N) is 1. The molecular formula is C44H51NO22. The van der Waals surface area contributed by atoms with Crippen LogP contribution in [0.1, 0.15) is 65.5 Å². The van der Waals surface area contributed by atoms with Crippen LogP contribution >= 0.6 is 0 Å². The van der Waals surface area contributed by atoms with Crippen LogP contribution in [0.25, 0.3) is 11.1 Å². The van der Waals surface area contributed by atoms with Gasteiger partial charge in [0.2, 0.25) is 0 Å². The van der Waals surface area contributed by atoms with E-state index in [1.54, 1.807) is 0 Å². The number of hydrogen-bond acceptors (Lipinski definition) is 21. The van der Waals surface area contributed by atoms with E-state index in [1.165, 1.54) is 0 Å². The number of alkyl carbamates (subject to hydrolysis) is 1. The minimum absolute atomic E-state index is 0.157. The van der Waals surface area contributed by atoms with E-state index in [2.05, 4.69) is 5.32 Å². The summed E-state index contributed by atoms with van der Waals surface area (Å²) in [4.78, 5) is 112. The highest BCUT2D eigenvalue weighted by atomic mass is 16.8. The van der Waals surface area contributed by atoms with Crippen LogP contribution in [0, 0.1) is 0 Å². The van der Waals surface area contributed by atoms with E-state index >= 15 is 0 Å². The molecule has 2 heterocycles. The Bertz CT molecular complexity index is 2130. The van der Waals surface area contributed by atoms with Gasteiger partial charge in [-0.3, -0.25) is 33.6 Å². The summed E-state index contributed by atoms with van der Waals surface area (Å²) in [6.07, 6.45) is -18.6. The number of amides is 1. The van der Waals surface area contributed by atoms with Crippen LogP contribution in [0.15, 0.2) is 48.5 Å². The molecule has 2 saturated heterocycles. The SMILES string of the molecule is CC(=O)OCC1OC(OC2C(COC(C)=O)OC(OCC(NC(=O)OCC3c4ccccc4-c4ccccc43)C(=O)O)C(OC(C)=O)C2OC(C)=O)C(OC(C)=O)C(OC(C)=O)C1OC(C)=O. The Balaban J connectivity index is 1.43. The highest BCUT2D eigenvalue weighted by Crippen LogP contribution is 2.44. The Hall–Kier alpha value is -6.69. The van der Waals surface area contributed by atoms with Crippen molar-refractivity contribution in [3.8, 4) is 11.1 Å². The predicted molar refractivity (Wildman–Crippen MR) is 219 cm³/mol. The number of benzene rings is 2. The number of esters is 7. The standard InChI is InChI=1S/C44H51NO22/c1-20(46)56-18-33-35(60-22(3)48)37(61-23(4)49)40(64-26(7)52)43(66-33)67-36-34(19-57-21(2)47)65-42(39(63-25(6)51)38(36)62-24(5)50)58-17-32(41(53)54)45-44(55)59-16-31-29-14-10-8-12-27(29)28-13-9-11-15-30(28)31/h8-15,31-40,42-43H,16-19H2,1-7H3,(H,45,55)(H,53,54). The lowest BCUT2D eigenvalue weighted by molar-refractivity contribution is -0.361. The Morgan fingerprint density at radius 3 is 1.42 bits per heavy atom. The second-order valence-electron chi connectivity index (χ2n) is 15.4. The van der Waals surface area contributed by atoms with E-state index in [-0.39, 0.29) is 12.5 Å². The van der Waals surface area contributed by atoms with E-state index < -0.39 is 141 Å². The minimum Gasteiger partial charge on any atom is -0.480 e. The van der Waals surface area contributed by atoms with Gasteiger partial charge in [0.1, 0.15) is 38.1 Å². The van der Waals surface area contributed by atoms with E-state index in [0.717, 1.165) is 70.7 Å². The van der Waals surface area contributed by atoms with Gasteiger partial charge in [0, 0.05) is 54.4 Å². The number of carboxylic acid groups (broad SMARTS) is 1. The zero-order valence-electron chi connectivity index (χ0n) is 37.4. The summed E-state index contributed by atoms with van der Waals surface area (Å²) in [5.41, 5.74) is 3.73. The average Bonchev–Trinajstić information content (AvgIpc) is 3.56. The Labute approximate surface area is 382 Å². The van der Waals surface area contributed by atoms with E-state index in [0.29, 0.717) is 0 Å². The maximum absolute atomic E-state index is 13.2. The third kappa shape index (κ3) is 13.7. The summed E-state index contributed by atoms with van der Waals surface area (Å²) in [6, 6.07) is 13.3. The van der Waals surface area contributed by atoms with Gasteiger partial charge < -0.3 is 67.3 Å². The smallest absolute Gasteiger partial charge is 0.407 e. The second-order valence-corrected chi connectivity index (χ2v) is 15.4. The lowest BCUT2D eigenvalue weighted by Gasteiger charge is -2.48. The zero-order valence-corrected chi connectivity index (χ0v) is 37.4. The summed E-state index contributed by atoms with van der Waals surface area (Å²) in [7, 11) is 0. The van der Waals surface area contributed by atoms with Crippen molar-refractivity contribution >= 4 is 53.8 Å². The van der Waals surface area contributed by atoms with Crippen molar-refractivity contribution in [1.82, 2.24) is 5.32 Å². The first-order chi connectivity index (χ1) is 31.7. The van der Waals surface area contributed by atoms with Gasteiger partial charge in [-0.05, 0) is 22.3 Å². The first-order valence-corrected chi connectivity index (χ1v) is 20.8. The van der Waals surface area contributed by atoms with Gasteiger partial charge in [-0.1, -0.05) is 48.5 Å². The molecule has 2 fully saturated rings. The number of carboxylic acids is 1. The lowest BCUT2D eigenvalue weighted by atomic mass is 9.96. The van der Waals surface area contributed by atoms with Crippen molar-refractivity contribution in [3.05, 3.63) is 59.7 Å². The van der Waals surface area contributed by atoms with Gasteiger partial charge in [-0.2, -0.15) is 0 Å². The average molecular weight is 946 g/mol. The molecule has 2 aromatic rings. The molecule has 2 N–H and O–H groups in total. The molecule has 5 rings (SSSR count). The molecule has 0 radical (unpaired) electrons. The number of aliphatic carboxylic acids is 1. The summed E-state index contributed by atoms with van der Waals surface area (Å²) in [6.45, 7) is 4.63. The van der Waals surface area contributed by atoms with Crippen LogP contribution in [0.4, 0.5) is 4.79 Å². The van der Waals surface area contributed by atoms with Crippen LogP contribution in [0.5, 0.6) is 0 Å². The molecule has 0 bridgehead atoms. The van der Waals surface area contributed by atoms with Crippen LogP contribution in [0.2, 0.25) is 0 Å². The third-order valence-electron chi connectivity index (χ3n) is 10.2. The summed E-state index contributed by atoms with van der Waals surface area (Å²) < 4.78 is 67.7. The fourth-order valence-electron chi connectivity index (χ4n) is 7.75. The molecule has 11 unspecified atom stereocenters. The number of carbonyl (C=O) groups is 9. The van der Waals surface area contributed by atoms with Crippen molar-refractivity contribution < 1.29 is 105 Å². The van der Waals surface area contributed by atoms with Gasteiger partial charge in [-0.25, -0.2) is 9.59 Å². The summed E-state index contributed by atoms with van der Waals surface area (Å²) >= 11 is 0. The maximum Gasteiger partial charge on any atom is 0.407 e. The molecule has 67 heavy (non-hydrogen) atoms. The van der Waals surface area contributed by atoms with E-state index in [9.17, 15) is 48.3 Å². The molecule has 0 aromatic heterocycles. The van der Waals surface area contributed by atoms with Crippen molar-refractivity contribution in [2.75, 3.05) is 26.4 Å². The van der Waals surface area contributed by atoms with Crippen LogP contribution in [-0.4, -0.2) is 153 Å². The van der Waals surface area contributed by atoms with E-state index in [4.69, 9.17) is 56.8 Å². The van der Waals surface area contributed by atoms with Crippen molar-refractivity contribution in [3.63, 3.8) is 0 Å². The van der Waals surface area contributed by atoms with Gasteiger partial charge in [0.15, 0.2) is 49.1 Å². The van der Waals surface area contributed by atoms with Crippen molar-refractivity contribution in [2.45, 2.75) is 122 Å². The first-order valence-electron chi connectivity index (χ1n) is 20.8. The topological polar surface area (TPSA) is 297 Å². The largest absolute Gasteiger partial charge is 0.480 e. The minimum atomic E-state index is -1.93. The van der Waals surface area contributed by atoms with Gasteiger partial charge >= 0.3 is 53.8 Å². The number of hydrogen-bond donors (Lipinski definition) is 2. The predicted octanol–water partition coefficient (Wildman–Crippen LogP) is 1.61. The molecule has 2 aliphatic heterocycles. The normalized spacial score (nSPS) is 25.7. The monoisotopic (exact) mass is 945 g/mol. The second kappa shape index (κ2) is 23.2. The molecule has 11 atom stereocenters. The number of rotatable bonds is 18. The van der Waals surface area contributed by atoms with Gasteiger partial charge in [0.05, 0.1) is 6.61 Å². The summed E-state index contributed by atoms with van der Waals surface area (Å²) in [5, 5.41) is 12.4. The third-order valence-corrected chi connectivity index (χ3v) is 10.2. The maximum atomic E-state index is 13.2.